The Hall–Kier alpha value is -2.76. The molecule has 4 nitrogen and oxygen atoms in total. The Kier molecular flexibility index (Phi) is 5.19. The molecule has 0 aliphatic carbocycles. The molecule has 0 spiro atoms. The van der Waals surface area contributed by atoms with Gasteiger partial charge in [0, 0.05) is 11.1 Å². The summed E-state index contributed by atoms with van der Waals surface area (Å²) < 4.78 is 28.9. The maximum Gasteiger partial charge on any atom is 0.387 e. The molecule has 1 N–H and O–H groups in total. The number of para-hydroxylation sites is 1. The lowest BCUT2D eigenvalue weighted by atomic mass is 10.1. The predicted molar refractivity (Wildman–Crippen MR) is 79.3 cm³/mol. The van der Waals surface area contributed by atoms with Crippen molar-refractivity contribution in [1.82, 2.24) is 5.43 Å². The number of halogens is 2. The van der Waals surface area contributed by atoms with Gasteiger partial charge in [0.05, 0.1) is 6.21 Å². The number of carbonyl (C=O) groups is 1. The zero-order valence-electron chi connectivity index (χ0n) is 11.8. The van der Waals surface area contributed by atoms with Crippen LogP contribution in [-0.2, 0) is 0 Å². The number of nitrogens with zero attached hydrogens (tertiary/aromatic N) is 1. The number of alkyl halides is 2. The third-order valence-electron chi connectivity index (χ3n) is 2.82. The number of aryl methyl sites for hydroxylation is 1. The minimum absolute atomic E-state index is 0.00849. The molecular formula is C16H14F2N2O2. The van der Waals surface area contributed by atoms with Crippen LogP contribution in [-0.4, -0.2) is 18.7 Å². The first-order chi connectivity index (χ1) is 10.6. The van der Waals surface area contributed by atoms with Crippen molar-refractivity contribution in [3.8, 4) is 5.75 Å². The van der Waals surface area contributed by atoms with E-state index in [9.17, 15) is 13.6 Å². The van der Waals surface area contributed by atoms with Gasteiger partial charge in [-0.1, -0.05) is 29.8 Å². The number of nitrogens with one attached hydrogen (secondary N) is 1. The molecule has 0 saturated carbocycles. The van der Waals surface area contributed by atoms with Gasteiger partial charge >= 0.3 is 6.61 Å². The van der Waals surface area contributed by atoms with Crippen LogP contribution in [0, 0.1) is 6.92 Å². The van der Waals surface area contributed by atoms with Gasteiger partial charge in [0.1, 0.15) is 5.75 Å². The van der Waals surface area contributed by atoms with Crippen molar-refractivity contribution < 1.29 is 18.3 Å². The molecule has 0 aliphatic rings. The Labute approximate surface area is 126 Å². The van der Waals surface area contributed by atoms with Crippen molar-refractivity contribution in [2.75, 3.05) is 0 Å². The highest BCUT2D eigenvalue weighted by Gasteiger charge is 2.08. The van der Waals surface area contributed by atoms with Crippen LogP contribution < -0.4 is 10.2 Å². The predicted octanol–water partition coefficient (Wildman–Crippen LogP) is 3.36. The number of ether oxygens (including phenoxy) is 1. The first-order valence-corrected chi connectivity index (χ1v) is 6.50. The summed E-state index contributed by atoms with van der Waals surface area (Å²) in [6, 6.07) is 13.1. The van der Waals surface area contributed by atoms with Gasteiger partial charge in [0.15, 0.2) is 0 Å². The Balaban J connectivity index is 2.03. The minimum atomic E-state index is -2.92. The summed E-state index contributed by atoms with van der Waals surface area (Å²) in [6.07, 6.45) is 1.25. The first-order valence-electron chi connectivity index (χ1n) is 6.50. The van der Waals surface area contributed by atoms with Gasteiger partial charge in [-0.3, -0.25) is 4.79 Å². The molecule has 2 aromatic rings. The summed E-state index contributed by atoms with van der Waals surface area (Å²) in [4.78, 5) is 11.8. The van der Waals surface area contributed by atoms with E-state index in [1.54, 1.807) is 30.3 Å². The van der Waals surface area contributed by atoms with E-state index in [0.717, 1.165) is 5.56 Å². The quantitative estimate of drug-likeness (QED) is 0.680. The van der Waals surface area contributed by atoms with Crippen LogP contribution in [0.15, 0.2) is 53.6 Å². The maximum atomic E-state index is 12.3. The molecule has 1 amide bonds. The fourth-order valence-electron chi connectivity index (χ4n) is 1.72. The molecule has 0 radical (unpaired) electrons. The molecule has 2 rings (SSSR count). The Morgan fingerprint density at radius 2 is 1.86 bits per heavy atom. The Morgan fingerprint density at radius 1 is 1.18 bits per heavy atom. The number of amides is 1. The summed E-state index contributed by atoms with van der Waals surface area (Å²) in [5.74, 6) is -0.394. The molecule has 22 heavy (non-hydrogen) atoms. The van der Waals surface area contributed by atoms with Gasteiger partial charge in [0.25, 0.3) is 5.91 Å². The fraction of sp³-hybridized carbons (Fsp3) is 0.125. The van der Waals surface area contributed by atoms with Crippen molar-refractivity contribution in [2.45, 2.75) is 13.5 Å². The van der Waals surface area contributed by atoms with E-state index in [4.69, 9.17) is 0 Å². The van der Waals surface area contributed by atoms with Crippen LogP contribution in [0.5, 0.6) is 5.75 Å². The highest BCUT2D eigenvalue weighted by molar-refractivity contribution is 5.95. The standard InChI is InChI=1S/C16H14F2N2O2/c1-11-6-8-12(9-7-11)15(21)20-19-10-13-4-2-3-5-14(13)22-16(17)18/h2-10,16H,1H3,(H,20,21). The smallest absolute Gasteiger partial charge is 0.387 e. The van der Waals surface area contributed by atoms with Crippen LogP contribution in [0.4, 0.5) is 8.78 Å². The van der Waals surface area contributed by atoms with Gasteiger partial charge in [0.2, 0.25) is 0 Å². The zero-order valence-corrected chi connectivity index (χ0v) is 11.8. The number of rotatable bonds is 5. The molecule has 0 saturated heterocycles. The topological polar surface area (TPSA) is 50.7 Å². The average molecular weight is 304 g/mol. The first kappa shape index (κ1) is 15.6. The van der Waals surface area contributed by atoms with Crippen LogP contribution in [0.2, 0.25) is 0 Å². The lowest BCUT2D eigenvalue weighted by Gasteiger charge is -2.07. The van der Waals surface area contributed by atoms with Crippen LogP contribution in [0.1, 0.15) is 21.5 Å². The van der Waals surface area contributed by atoms with Gasteiger partial charge < -0.3 is 4.74 Å². The maximum absolute atomic E-state index is 12.3. The molecule has 0 atom stereocenters. The monoisotopic (exact) mass is 304 g/mol. The Bertz CT molecular complexity index is 670. The van der Waals surface area contributed by atoms with Crippen LogP contribution in [0.3, 0.4) is 0 Å². The second kappa shape index (κ2) is 7.31. The van der Waals surface area contributed by atoms with Crippen molar-refractivity contribution in [1.29, 1.82) is 0 Å². The molecule has 0 unspecified atom stereocenters. The summed E-state index contributed by atoms with van der Waals surface area (Å²) in [5, 5.41) is 3.76. The number of hydrazone groups is 1. The largest absolute Gasteiger partial charge is 0.434 e. The number of benzene rings is 2. The van der Waals surface area contributed by atoms with Gasteiger partial charge in [-0.05, 0) is 31.2 Å². The molecule has 0 bridgehead atoms. The molecule has 114 valence electrons. The minimum Gasteiger partial charge on any atom is -0.434 e. The number of hydrogen-bond donors (Lipinski definition) is 1. The lowest BCUT2D eigenvalue weighted by Crippen LogP contribution is -2.17. The second-order valence-corrected chi connectivity index (χ2v) is 4.48. The third kappa shape index (κ3) is 4.37. The highest BCUT2D eigenvalue weighted by atomic mass is 19.3. The Morgan fingerprint density at radius 3 is 2.55 bits per heavy atom. The summed E-state index contributed by atoms with van der Waals surface area (Å²) >= 11 is 0. The number of hydrogen-bond acceptors (Lipinski definition) is 3. The van der Waals surface area contributed by atoms with Gasteiger partial charge in [-0.25, -0.2) is 5.43 Å². The van der Waals surface area contributed by atoms with Crippen LogP contribution in [0.25, 0.3) is 0 Å². The fourth-order valence-corrected chi connectivity index (χ4v) is 1.72. The van der Waals surface area contributed by atoms with Gasteiger partial charge in [-0.15, -0.1) is 0 Å². The van der Waals surface area contributed by atoms with Crippen molar-refractivity contribution in [3.63, 3.8) is 0 Å². The van der Waals surface area contributed by atoms with Crippen molar-refractivity contribution >= 4 is 12.1 Å². The summed E-state index contributed by atoms with van der Waals surface area (Å²) in [5.41, 5.74) is 4.17. The molecule has 0 heterocycles. The normalized spacial score (nSPS) is 10.9. The second-order valence-electron chi connectivity index (χ2n) is 4.48. The van der Waals surface area contributed by atoms with E-state index in [2.05, 4.69) is 15.3 Å². The molecule has 6 heteroatoms. The molecular weight excluding hydrogens is 290 g/mol. The van der Waals surface area contributed by atoms with E-state index in [0.29, 0.717) is 11.1 Å². The molecule has 2 aromatic carbocycles. The van der Waals surface area contributed by atoms with Crippen molar-refractivity contribution in [3.05, 3.63) is 65.2 Å². The van der Waals surface area contributed by atoms with Gasteiger partial charge in [-0.2, -0.15) is 13.9 Å². The molecule has 0 aromatic heterocycles. The SMILES string of the molecule is Cc1ccc(C(=O)NN=Cc2ccccc2OC(F)F)cc1. The highest BCUT2D eigenvalue weighted by Crippen LogP contribution is 2.18. The third-order valence-corrected chi connectivity index (χ3v) is 2.82. The molecule has 0 fully saturated rings. The van der Waals surface area contributed by atoms with E-state index in [-0.39, 0.29) is 11.7 Å². The number of carbonyl (C=O) groups excluding carboxylic acids is 1. The lowest BCUT2D eigenvalue weighted by molar-refractivity contribution is -0.0499. The average Bonchev–Trinajstić information content (AvgIpc) is 2.49. The summed E-state index contributed by atoms with van der Waals surface area (Å²) in [6.45, 7) is -1.00. The van der Waals surface area contributed by atoms with E-state index >= 15 is 0 Å². The zero-order chi connectivity index (χ0) is 15.9. The van der Waals surface area contributed by atoms with E-state index < -0.39 is 6.61 Å². The van der Waals surface area contributed by atoms with Crippen LogP contribution >= 0.6 is 0 Å². The molecule has 0 aliphatic heterocycles. The van der Waals surface area contributed by atoms with E-state index in [1.165, 1.54) is 12.3 Å². The summed E-state index contributed by atoms with van der Waals surface area (Å²) in [7, 11) is 0. The van der Waals surface area contributed by atoms with E-state index in [1.807, 2.05) is 19.1 Å². The van der Waals surface area contributed by atoms with Crippen molar-refractivity contribution in [2.24, 2.45) is 5.10 Å².